The summed E-state index contributed by atoms with van der Waals surface area (Å²) in [7, 11) is 0. The highest BCUT2D eigenvalue weighted by molar-refractivity contribution is 5.97. The molecule has 94 valence electrons. The average molecular weight is 247 g/mol. The molecule has 0 aliphatic carbocycles. The van der Waals surface area contributed by atoms with Crippen molar-refractivity contribution >= 4 is 5.78 Å². The van der Waals surface area contributed by atoms with Crippen molar-refractivity contribution in [2.24, 2.45) is 5.92 Å². The number of alkyl halides is 3. The Morgan fingerprint density at radius 3 is 2.65 bits per heavy atom. The maximum atomic E-state index is 11.9. The molecule has 0 N–H and O–H groups in total. The highest BCUT2D eigenvalue weighted by Gasteiger charge is 2.28. The zero-order valence-electron chi connectivity index (χ0n) is 9.41. The van der Waals surface area contributed by atoms with Crippen molar-refractivity contribution in [3.05, 3.63) is 23.9 Å². The maximum Gasteiger partial charge on any atom is 0.422 e. The van der Waals surface area contributed by atoms with Gasteiger partial charge in [0.1, 0.15) is 0 Å². The van der Waals surface area contributed by atoms with E-state index in [0.29, 0.717) is 5.56 Å². The Hall–Kier alpha value is -1.59. The van der Waals surface area contributed by atoms with Gasteiger partial charge in [0.15, 0.2) is 12.4 Å². The molecule has 17 heavy (non-hydrogen) atoms. The van der Waals surface area contributed by atoms with Crippen molar-refractivity contribution in [2.45, 2.75) is 20.0 Å². The Morgan fingerprint density at radius 2 is 2.12 bits per heavy atom. The van der Waals surface area contributed by atoms with Crippen molar-refractivity contribution in [3.63, 3.8) is 0 Å². The van der Waals surface area contributed by atoms with Gasteiger partial charge < -0.3 is 4.74 Å². The summed E-state index contributed by atoms with van der Waals surface area (Å²) in [6, 6.07) is 2.66. The van der Waals surface area contributed by atoms with Crippen molar-refractivity contribution < 1.29 is 22.7 Å². The van der Waals surface area contributed by atoms with E-state index in [4.69, 9.17) is 0 Å². The van der Waals surface area contributed by atoms with E-state index in [2.05, 4.69) is 9.72 Å². The number of Topliss-reactive ketones (excluding diaryl/α,β-unsaturated/α-hetero) is 1. The van der Waals surface area contributed by atoms with Crippen LogP contribution in [-0.2, 0) is 0 Å². The number of rotatable bonds is 4. The number of carbonyl (C=O) groups is 1. The molecule has 0 fully saturated rings. The minimum atomic E-state index is -4.42. The molecule has 1 aromatic heterocycles. The molecule has 6 heteroatoms. The summed E-state index contributed by atoms with van der Waals surface area (Å²) in [5.74, 6) is -0.592. The van der Waals surface area contributed by atoms with Crippen LogP contribution in [0.5, 0.6) is 5.88 Å². The molecule has 0 amide bonds. The third-order valence-corrected chi connectivity index (χ3v) is 1.93. The van der Waals surface area contributed by atoms with Gasteiger partial charge in [0.05, 0.1) is 0 Å². The van der Waals surface area contributed by atoms with E-state index in [-0.39, 0.29) is 17.6 Å². The zero-order valence-corrected chi connectivity index (χ0v) is 9.41. The first-order valence-electron chi connectivity index (χ1n) is 4.99. The predicted octanol–water partition coefficient (Wildman–Crippen LogP) is 2.86. The fourth-order valence-electron chi connectivity index (χ4n) is 1.13. The first-order chi connectivity index (χ1) is 7.79. The van der Waals surface area contributed by atoms with Gasteiger partial charge in [-0.05, 0) is 6.07 Å². The molecule has 0 radical (unpaired) electrons. The fourth-order valence-corrected chi connectivity index (χ4v) is 1.13. The first-order valence-corrected chi connectivity index (χ1v) is 4.99. The van der Waals surface area contributed by atoms with Crippen LogP contribution in [0.2, 0.25) is 0 Å². The van der Waals surface area contributed by atoms with E-state index in [1.54, 1.807) is 13.8 Å². The lowest BCUT2D eigenvalue weighted by atomic mass is 10.0. The minimum absolute atomic E-state index is 0.163. The van der Waals surface area contributed by atoms with Crippen LogP contribution in [0.1, 0.15) is 24.2 Å². The quantitative estimate of drug-likeness (QED) is 0.768. The molecule has 1 heterocycles. The minimum Gasteiger partial charge on any atom is -0.468 e. The van der Waals surface area contributed by atoms with Gasteiger partial charge in [0.2, 0.25) is 5.88 Å². The second kappa shape index (κ2) is 5.16. The number of pyridine rings is 1. The first kappa shape index (κ1) is 13.5. The van der Waals surface area contributed by atoms with Gasteiger partial charge in [-0.25, -0.2) is 4.98 Å². The van der Waals surface area contributed by atoms with Gasteiger partial charge in [-0.3, -0.25) is 4.79 Å². The molecule has 0 bridgehead atoms. The molecule has 0 aliphatic heterocycles. The van der Waals surface area contributed by atoms with Crippen LogP contribution in [-0.4, -0.2) is 23.6 Å². The predicted molar refractivity (Wildman–Crippen MR) is 55.0 cm³/mol. The molecule has 1 rings (SSSR count). The van der Waals surface area contributed by atoms with Crippen LogP contribution >= 0.6 is 0 Å². The highest BCUT2D eigenvalue weighted by Crippen LogP contribution is 2.18. The van der Waals surface area contributed by atoms with Gasteiger partial charge in [0.25, 0.3) is 0 Å². The van der Waals surface area contributed by atoms with Crippen LogP contribution in [0.15, 0.2) is 18.3 Å². The summed E-state index contributed by atoms with van der Waals surface area (Å²) < 4.78 is 40.2. The van der Waals surface area contributed by atoms with Gasteiger partial charge in [-0.2, -0.15) is 13.2 Å². The number of hydrogen-bond donors (Lipinski definition) is 0. The number of aromatic nitrogens is 1. The largest absolute Gasteiger partial charge is 0.468 e. The van der Waals surface area contributed by atoms with Gasteiger partial charge in [-0.15, -0.1) is 0 Å². The monoisotopic (exact) mass is 247 g/mol. The van der Waals surface area contributed by atoms with E-state index in [9.17, 15) is 18.0 Å². The van der Waals surface area contributed by atoms with Crippen molar-refractivity contribution in [2.75, 3.05) is 6.61 Å². The second-order valence-electron chi connectivity index (χ2n) is 3.81. The van der Waals surface area contributed by atoms with Crippen molar-refractivity contribution in [1.82, 2.24) is 4.98 Å². The number of ether oxygens (including phenoxy) is 1. The molecule has 0 aliphatic rings. The van der Waals surface area contributed by atoms with Crippen LogP contribution in [0, 0.1) is 5.92 Å². The molecule has 0 saturated carbocycles. The van der Waals surface area contributed by atoms with E-state index >= 15 is 0 Å². The summed E-state index contributed by atoms with van der Waals surface area (Å²) in [6.45, 7) is 2.00. The lowest BCUT2D eigenvalue weighted by Gasteiger charge is -2.09. The molecule has 0 saturated heterocycles. The Kier molecular flexibility index (Phi) is 4.09. The summed E-state index contributed by atoms with van der Waals surface area (Å²) >= 11 is 0. The topological polar surface area (TPSA) is 39.2 Å². The third-order valence-electron chi connectivity index (χ3n) is 1.93. The van der Waals surface area contributed by atoms with E-state index in [1.807, 2.05) is 0 Å². The summed E-state index contributed by atoms with van der Waals surface area (Å²) in [4.78, 5) is 15.2. The summed E-state index contributed by atoms with van der Waals surface area (Å²) in [6.07, 6.45) is -3.17. The Morgan fingerprint density at radius 1 is 1.47 bits per heavy atom. The number of ketones is 1. The van der Waals surface area contributed by atoms with Crippen molar-refractivity contribution in [3.8, 4) is 5.88 Å². The van der Waals surface area contributed by atoms with E-state index in [0.717, 1.165) is 0 Å². The van der Waals surface area contributed by atoms with Gasteiger partial charge in [0, 0.05) is 23.7 Å². The Labute approximate surface area is 96.6 Å². The summed E-state index contributed by atoms with van der Waals surface area (Å²) in [5.41, 5.74) is 0.298. The fraction of sp³-hybridized carbons (Fsp3) is 0.455. The number of halogens is 3. The Bertz CT molecular complexity index is 402. The zero-order chi connectivity index (χ0) is 13.1. The molecule has 3 nitrogen and oxygen atoms in total. The molecule has 0 spiro atoms. The number of nitrogens with zero attached hydrogens (tertiary/aromatic N) is 1. The molecular formula is C11H12F3NO2. The Balaban J connectivity index is 2.76. The summed E-state index contributed by atoms with van der Waals surface area (Å²) in [5, 5.41) is 0. The lowest BCUT2D eigenvalue weighted by Crippen LogP contribution is -2.19. The molecule has 0 unspecified atom stereocenters. The lowest BCUT2D eigenvalue weighted by molar-refractivity contribution is -0.154. The van der Waals surface area contributed by atoms with E-state index in [1.165, 1.54) is 18.3 Å². The number of carbonyl (C=O) groups excluding carboxylic acids is 1. The molecule has 0 atom stereocenters. The van der Waals surface area contributed by atoms with E-state index < -0.39 is 12.8 Å². The van der Waals surface area contributed by atoms with Crippen LogP contribution in [0.25, 0.3) is 0 Å². The average Bonchev–Trinajstić information content (AvgIpc) is 2.24. The maximum absolute atomic E-state index is 11.9. The van der Waals surface area contributed by atoms with Crippen molar-refractivity contribution in [1.29, 1.82) is 0 Å². The second-order valence-corrected chi connectivity index (χ2v) is 3.81. The standard InChI is InChI=1S/C11H12F3NO2/c1-7(2)10(16)8-3-4-15-9(5-8)17-6-11(12,13)14/h3-5,7H,6H2,1-2H3. The smallest absolute Gasteiger partial charge is 0.422 e. The molecule has 1 aromatic rings. The van der Waals surface area contributed by atoms with Crippen LogP contribution in [0.3, 0.4) is 0 Å². The van der Waals surface area contributed by atoms with Gasteiger partial charge >= 0.3 is 6.18 Å². The van der Waals surface area contributed by atoms with Crippen LogP contribution in [0.4, 0.5) is 13.2 Å². The van der Waals surface area contributed by atoms with Crippen LogP contribution < -0.4 is 4.74 Å². The normalized spacial score (nSPS) is 11.6. The number of hydrogen-bond acceptors (Lipinski definition) is 3. The SMILES string of the molecule is CC(C)C(=O)c1ccnc(OCC(F)(F)F)c1. The molecular weight excluding hydrogens is 235 g/mol. The highest BCUT2D eigenvalue weighted by atomic mass is 19.4. The van der Waals surface area contributed by atoms with Gasteiger partial charge in [-0.1, -0.05) is 13.8 Å². The third kappa shape index (κ3) is 4.42. The molecule has 0 aromatic carbocycles.